The molecule has 0 saturated carbocycles. The van der Waals surface area contributed by atoms with Gasteiger partial charge in [-0.1, -0.05) is 13.8 Å². The van der Waals surface area contributed by atoms with Crippen LogP contribution < -0.4 is 0 Å². The van der Waals surface area contributed by atoms with Crippen molar-refractivity contribution in [2.45, 2.75) is 26.8 Å². The molecule has 1 aromatic heterocycles. The van der Waals surface area contributed by atoms with Gasteiger partial charge in [0.1, 0.15) is 0 Å². The largest absolute Gasteiger partial charge is 0.380 e. The Bertz CT molecular complexity index is 678. The van der Waals surface area contributed by atoms with Crippen LogP contribution in [0.4, 0.5) is 0 Å². The lowest BCUT2D eigenvalue weighted by Gasteiger charge is -2.08. The van der Waals surface area contributed by atoms with E-state index in [0.29, 0.717) is 29.4 Å². The molecule has 0 atom stereocenters. The molecular weight excluding hydrogens is 270 g/mol. The van der Waals surface area contributed by atoms with Gasteiger partial charge in [-0.25, -0.2) is 0 Å². The number of hydrogen-bond acceptors (Lipinski definition) is 3. The van der Waals surface area contributed by atoms with E-state index in [1.54, 1.807) is 6.07 Å². The van der Waals surface area contributed by atoms with E-state index < -0.39 is 0 Å². The van der Waals surface area contributed by atoms with Crippen LogP contribution in [0.25, 0.3) is 11.0 Å². The van der Waals surface area contributed by atoms with Crippen LogP contribution in [-0.2, 0) is 11.3 Å². The highest BCUT2D eigenvalue weighted by molar-refractivity contribution is 7.71. The maximum Gasteiger partial charge on any atom is 0.178 e. The molecule has 1 aromatic carbocycles. The van der Waals surface area contributed by atoms with Crippen molar-refractivity contribution in [3.63, 3.8) is 0 Å². The van der Waals surface area contributed by atoms with E-state index in [-0.39, 0.29) is 0 Å². The number of nitriles is 1. The zero-order valence-corrected chi connectivity index (χ0v) is 12.7. The van der Waals surface area contributed by atoms with E-state index in [1.165, 1.54) is 0 Å². The lowest BCUT2D eigenvalue weighted by Crippen LogP contribution is -2.08. The molecule has 0 aliphatic heterocycles. The molecular formula is C15H19N3OS. The minimum absolute atomic E-state index is 0.630. The molecule has 0 amide bonds. The van der Waals surface area contributed by atoms with Crippen LogP contribution in [0.5, 0.6) is 0 Å². The first kappa shape index (κ1) is 14.8. The van der Waals surface area contributed by atoms with Crippen molar-refractivity contribution in [2.24, 2.45) is 5.92 Å². The zero-order valence-electron chi connectivity index (χ0n) is 11.8. The number of nitrogens with one attached hydrogen (secondary N) is 1. The fourth-order valence-electron chi connectivity index (χ4n) is 2.02. The van der Waals surface area contributed by atoms with E-state index in [4.69, 9.17) is 22.2 Å². The van der Waals surface area contributed by atoms with Gasteiger partial charge in [0.05, 0.1) is 29.3 Å². The van der Waals surface area contributed by atoms with E-state index in [0.717, 1.165) is 24.1 Å². The lowest BCUT2D eigenvalue weighted by atomic mass is 10.1. The number of ether oxygens (including phenoxy) is 1. The summed E-state index contributed by atoms with van der Waals surface area (Å²) in [5.41, 5.74) is 2.55. The second kappa shape index (κ2) is 6.69. The van der Waals surface area contributed by atoms with Crippen molar-refractivity contribution in [3.8, 4) is 6.07 Å². The predicted octanol–water partition coefficient (Wildman–Crippen LogP) is 3.63. The Kier molecular flexibility index (Phi) is 4.94. The molecule has 1 N–H and O–H groups in total. The van der Waals surface area contributed by atoms with Crippen molar-refractivity contribution in [1.82, 2.24) is 9.55 Å². The van der Waals surface area contributed by atoms with Gasteiger partial charge in [0.2, 0.25) is 0 Å². The molecule has 20 heavy (non-hydrogen) atoms. The van der Waals surface area contributed by atoms with E-state index in [2.05, 4.69) is 24.9 Å². The molecule has 0 spiro atoms. The summed E-state index contributed by atoms with van der Waals surface area (Å²) in [6.07, 6.45) is 1.07. The summed E-state index contributed by atoms with van der Waals surface area (Å²) in [6.45, 7) is 6.47. The normalized spacial score (nSPS) is 11.1. The summed E-state index contributed by atoms with van der Waals surface area (Å²) < 4.78 is 8.29. The fourth-order valence-corrected chi connectivity index (χ4v) is 2.32. The highest BCUT2D eigenvalue weighted by Crippen LogP contribution is 2.16. The smallest absolute Gasteiger partial charge is 0.178 e. The molecule has 0 unspecified atom stereocenters. The van der Waals surface area contributed by atoms with Gasteiger partial charge in [0.15, 0.2) is 4.77 Å². The number of benzene rings is 1. The molecule has 0 aliphatic carbocycles. The Labute approximate surface area is 124 Å². The van der Waals surface area contributed by atoms with Crippen molar-refractivity contribution in [3.05, 3.63) is 28.5 Å². The first-order chi connectivity index (χ1) is 9.61. The highest BCUT2D eigenvalue weighted by Gasteiger charge is 2.05. The molecule has 0 fully saturated rings. The van der Waals surface area contributed by atoms with Crippen molar-refractivity contribution in [2.75, 3.05) is 13.2 Å². The van der Waals surface area contributed by atoms with Crippen LogP contribution in [0.3, 0.4) is 0 Å². The van der Waals surface area contributed by atoms with Gasteiger partial charge in [-0.2, -0.15) is 5.26 Å². The molecule has 0 saturated heterocycles. The molecule has 2 aromatic rings. The number of fused-ring (bicyclic) bond motifs is 1. The van der Waals surface area contributed by atoms with E-state index >= 15 is 0 Å². The summed E-state index contributed by atoms with van der Waals surface area (Å²) in [5, 5.41) is 8.97. The molecule has 106 valence electrons. The number of nitrogens with zero attached hydrogens (tertiary/aromatic N) is 2. The average molecular weight is 289 g/mol. The number of hydrogen-bond donors (Lipinski definition) is 1. The maximum atomic E-state index is 8.97. The van der Waals surface area contributed by atoms with Gasteiger partial charge in [0.25, 0.3) is 0 Å². The Morgan fingerprint density at radius 1 is 1.40 bits per heavy atom. The predicted molar refractivity (Wildman–Crippen MR) is 82.1 cm³/mol. The average Bonchev–Trinajstić information content (AvgIpc) is 2.73. The van der Waals surface area contributed by atoms with Crippen LogP contribution in [0.1, 0.15) is 25.8 Å². The van der Waals surface area contributed by atoms with E-state index in [9.17, 15) is 0 Å². The maximum absolute atomic E-state index is 8.97. The molecule has 0 bridgehead atoms. The first-order valence-electron chi connectivity index (χ1n) is 6.82. The van der Waals surface area contributed by atoms with Gasteiger partial charge in [-0.15, -0.1) is 0 Å². The Morgan fingerprint density at radius 2 is 2.20 bits per heavy atom. The third-order valence-corrected chi connectivity index (χ3v) is 3.53. The van der Waals surface area contributed by atoms with Crippen molar-refractivity contribution < 1.29 is 4.74 Å². The molecule has 4 nitrogen and oxygen atoms in total. The van der Waals surface area contributed by atoms with Crippen LogP contribution in [-0.4, -0.2) is 22.8 Å². The molecule has 2 rings (SSSR count). The third kappa shape index (κ3) is 3.47. The molecule has 0 radical (unpaired) electrons. The topological polar surface area (TPSA) is 53.7 Å². The summed E-state index contributed by atoms with van der Waals surface area (Å²) in [4.78, 5) is 3.15. The fraction of sp³-hybridized carbons (Fsp3) is 0.467. The quantitative estimate of drug-likeness (QED) is 0.652. The van der Waals surface area contributed by atoms with Gasteiger partial charge >= 0.3 is 0 Å². The number of aromatic nitrogens is 2. The number of rotatable bonds is 6. The van der Waals surface area contributed by atoms with Gasteiger partial charge in [0, 0.05) is 13.2 Å². The third-order valence-electron chi connectivity index (χ3n) is 3.20. The minimum Gasteiger partial charge on any atom is -0.380 e. The second-order valence-electron chi connectivity index (χ2n) is 5.22. The number of aromatic amines is 1. The lowest BCUT2D eigenvalue weighted by molar-refractivity contribution is 0.116. The molecule has 0 aliphatic rings. The van der Waals surface area contributed by atoms with Crippen LogP contribution in [0.15, 0.2) is 18.2 Å². The molecule has 1 heterocycles. The zero-order chi connectivity index (χ0) is 14.5. The second-order valence-corrected chi connectivity index (χ2v) is 5.61. The van der Waals surface area contributed by atoms with Crippen molar-refractivity contribution in [1.29, 1.82) is 5.26 Å². The Balaban J connectivity index is 2.07. The van der Waals surface area contributed by atoms with Gasteiger partial charge in [-0.05, 0) is 42.8 Å². The Hall–Kier alpha value is -1.64. The summed E-state index contributed by atoms with van der Waals surface area (Å²) in [6, 6.07) is 7.69. The van der Waals surface area contributed by atoms with Crippen LogP contribution >= 0.6 is 12.2 Å². The number of imidazole rings is 1. The van der Waals surface area contributed by atoms with Gasteiger partial charge < -0.3 is 14.3 Å². The highest BCUT2D eigenvalue weighted by atomic mass is 32.1. The Morgan fingerprint density at radius 3 is 2.90 bits per heavy atom. The van der Waals surface area contributed by atoms with Crippen LogP contribution in [0, 0.1) is 22.0 Å². The minimum atomic E-state index is 0.630. The van der Waals surface area contributed by atoms with Crippen molar-refractivity contribution >= 4 is 23.3 Å². The number of H-pyrrole nitrogens is 1. The standard InChI is InChI=1S/C15H19N3OS/c1-11(2)5-7-19-8-6-18-14-9-12(10-16)3-4-13(14)17-15(18)20/h3-4,9,11H,5-8H2,1-2H3,(H,17,20). The summed E-state index contributed by atoms with van der Waals surface area (Å²) in [5.74, 6) is 0.656. The monoisotopic (exact) mass is 289 g/mol. The molecule has 5 heteroatoms. The van der Waals surface area contributed by atoms with Gasteiger partial charge in [-0.3, -0.25) is 0 Å². The first-order valence-corrected chi connectivity index (χ1v) is 7.23. The summed E-state index contributed by atoms with van der Waals surface area (Å²) in [7, 11) is 0. The summed E-state index contributed by atoms with van der Waals surface area (Å²) >= 11 is 5.32. The van der Waals surface area contributed by atoms with Crippen LogP contribution in [0.2, 0.25) is 0 Å². The SMILES string of the molecule is CC(C)CCOCCn1c(=S)[nH]c2ccc(C#N)cc21. The van der Waals surface area contributed by atoms with E-state index in [1.807, 2.05) is 16.7 Å².